The van der Waals surface area contributed by atoms with Crippen LogP contribution in [0.4, 0.5) is 15.8 Å². The van der Waals surface area contributed by atoms with E-state index in [1.54, 1.807) is 0 Å². The summed E-state index contributed by atoms with van der Waals surface area (Å²) in [7, 11) is 0. The van der Waals surface area contributed by atoms with Crippen molar-refractivity contribution in [3.63, 3.8) is 0 Å². The van der Waals surface area contributed by atoms with Gasteiger partial charge in [-0.3, -0.25) is 0 Å². The number of benzene rings is 2. The molecule has 2 aromatic carbocycles. The summed E-state index contributed by atoms with van der Waals surface area (Å²) in [6.07, 6.45) is 0. The highest BCUT2D eigenvalue weighted by molar-refractivity contribution is 6.31. The number of nitrogens with two attached hydrogens (primary N) is 1. The molecule has 2 nitrogen and oxygen atoms in total. The van der Waals surface area contributed by atoms with Crippen molar-refractivity contribution in [2.75, 3.05) is 11.1 Å². The van der Waals surface area contributed by atoms with Gasteiger partial charge in [0.1, 0.15) is 5.82 Å². The van der Waals surface area contributed by atoms with Crippen LogP contribution in [-0.2, 0) is 0 Å². The molecule has 1 unspecified atom stereocenters. The molecule has 2 aromatic rings. The number of halogens is 2. The Labute approximate surface area is 117 Å². The predicted octanol–water partition coefficient (Wildman–Crippen LogP) is 4.54. The molecule has 0 fully saturated rings. The minimum Gasteiger partial charge on any atom is -0.397 e. The number of nitrogens with one attached hydrogen (secondary N) is 1. The minimum absolute atomic E-state index is 0.0310. The number of anilines is 2. The van der Waals surface area contributed by atoms with Crippen molar-refractivity contribution < 1.29 is 4.39 Å². The van der Waals surface area contributed by atoms with Crippen molar-refractivity contribution >= 4 is 23.0 Å². The molecule has 0 aliphatic heterocycles. The van der Waals surface area contributed by atoms with Crippen LogP contribution >= 0.6 is 11.6 Å². The van der Waals surface area contributed by atoms with Gasteiger partial charge < -0.3 is 11.1 Å². The maximum Gasteiger partial charge on any atom is 0.143 e. The number of rotatable bonds is 3. The Kier molecular flexibility index (Phi) is 3.96. The molecule has 0 heterocycles. The van der Waals surface area contributed by atoms with E-state index in [1.807, 2.05) is 38.1 Å². The van der Waals surface area contributed by atoms with Gasteiger partial charge in [0, 0.05) is 12.1 Å². The lowest BCUT2D eigenvalue weighted by molar-refractivity contribution is 0.628. The quantitative estimate of drug-likeness (QED) is 0.809. The Balaban J connectivity index is 2.21. The van der Waals surface area contributed by atoms with Crippen molar-refractivity contribution in [1.29, 1.82) is 0 Å². The molecule has 19 heavy (non-hydrogen) atoms. The van der Waals surface area contributed by atoms with E-state index in [0.29, 0.717) is 11.4 Å². The molecule has 0 aromatic heterocycles. The monoisotopic (exact) mass is 278 g/mol. The fourth-order valence-corrected chi connectivity index (χ4v) is 2.03. The molecule has 4 heteroatoms. The first-order valence-electron chi connectivity index (χ1n) is 6.05. The Morgan fingerprint density at radius 1 is 1.21 bits per heavy atom. The maximum atomic E-state index is 13.4. The largest absolute Gasteiger partial charge is 0.397 e. The molecule has 0 bridgehead atoms. The topological polar surface area (TPSA) is 38.0 Å². The lowest BCUT2D eigenvalue weighted by Crippen LogP contribution is -2.08. The molecule has 0 radical (unpaired) electrons. The smallest absolute Gasteiger partial charge is 0.143 e. The molecule has 0 saturated heterocycles. The number of hydrogen-bond acceptors (Lipinski definition) is 2. The van der Waals surface area contributed by atoms with Gasteiger partial charge in [0.25, 0.3) is 0 Å². The highest BCUT2D eigenvalue weighted by atomic mass is 35.5. The van der Waals surface area contributed by atoms with Gasteiger partial charge in [-0.05, 0) is 25.5 Å². The van der Waals surface area contributed by atoms with Crippen LogP contribution in [0.3, 0.4) is 0 Å². The fraction of sp³-hybridized carbons (Fsp3) is 0.200. The average molecular weight is 279 g/mol. The van der Waals surface area contributed by atoms with E-state index in [0.717, 1.165) is 5.56 Å². The lowest BCUT2D eigenvalue weighted by Gasteiger charge is -2.17. The molecule has 2 rings (SSSR count). The fourth-order valence-electron chi connectivity index (χ4n) is 1.86. The maximum absolute atomic E-state index is 13.4. The molecule has 0 amide bonds. The van der Waals surface area contributed by atoms with E-state index in [-0.39, 0.29) is 11.1 Å². The standard InChI is InChI=1S/C15H16ClFN2/c1-9-3-5-11(6-4-9)10(2)19-15-8-13(17)12(16)7-14(15)18/h3-8,10,19H,18H2,1-2H3. The summed E-state index contributed by atoms with van der Waals surface area (Å²) in [4.78, 5) is 0. The zero-order valence-corrected chi connectivity index (χ0v) is 11.6. The molecule has 0 saturated carbocycles. The van der Waals surface area contributed by atoms with Crippen LogP contribution in [0, 0.1) is 12.7 Å². The van der Waals surface area contributed by atoms with Crippen molar-refractivity contribution in [2.24, 2.45) is 0 Å². The van der Waals surface area contributed by atoms with E-state index in [9.17, 15) is 4.39 Å². The Bertz CT molecular complexity index is 581. The molecular weight excluding hydrogens is 263 g/mol. The van der Waals surface area contributed by atoms with E-state index >= 15 is 0 Å². The van der Waals surface area contributed by atoms with Crippen LogP contribution in [0.1, 0.15) is 24.1 Å². The highest BCUT2D eigenvalue weighted by Crippen LogP contribution is 2.29. The second-order valence-corrected chi connectivity index (χ2v) is 5.04. The summed E-state index contributed by atoms with van der Waals surface area (Å²) in [6, 6.07) is 10.9. The van der Waals surface area contributed by atoms with Crippen molar-refractivity contribution in [3.8, 4) is 0 Å². The summed E-state index contributed by atoms with van der Waals surface area (Å²) < 4.78 is 13.4. The Morgan fingerprint density at radius 2 is 1.84 bits per heavy atom. The van der Waals surface area contributed by atoms with E-state index in [4.69, 9.17) is 17.3 Å². The number of aryl methyl sites for hydroxylation is 1. The van der Waals surface area contributed by atoms with Gasteiger partial charge in [0.15, 0.2) is 0 Å². The van der Waals surface area contributed by atoms with Gasteiger partial charge in [0.2, 0.25) is 0 Å². The van der Waals surface area contributed by atoms with Crippen LogP contribution in [0.2, 0.25) is 5.02 Å². The first kappa shape index (κ1) is 13.7. The third-order valence-electron chi connectivity index (χ3n) is 3.04. The molecule has 100 valence electrons. The first-order chi connectivity index (χ1) is 8.97. The van der Waals surface area contributed by atoms with E-state index in [2.05, 4.69) is 5.32 Å². The second kappa shape index (κ2) is 5.49. The van der Waals surface area contributed by atoms with Gasteiger partial charge in [-0.1, -0.05) is 41.4 Å². The summed E-state index contributed by atoms with van der Waals surface area (Å²) in [5, 5.41) is 3.22. The number of hydrogen-bond donors (Lipinski definition) is 2. The molecular formula is C15H16ClFN2. The first-order valence-corrected chi connectivity index (χ1v) is 6.43. The average Bonchev–Trinajstić information content (AvgIpc) is 2.36. The zero-order chi connectivity index (χ0) is 14.0. The Hall–Kier alpha value is -1.74. The minimum atomic E-state index is -0.477. The van der Waals surface area contributed by atoms with Crippen LogP contribution in [0.25, 0.3) is 0 Å². The highest BCUT2D eigenvalue weighted by Gasteiger charge is 2.10. The zero-order valence-electron chi connectivity index (χ0n) is 10.9. The summed E-state index contributed by atoms with van der Waals surface area (Å²) >= 11 is 5.67. The summed E-state index contributed by atoms with van der Waals surface area (Å²) in [5.74, 6) is -0.477. The third-order valence-corrected chi connectivity index (χ3v) is 3.33. The van der Waals surface area contributed by atoms with Crippen molar-refractivity contribution in [2.45, 2.75) is 19.9 Å². The van der Waals surface area contributed by atoms with Gasteiger partial charge in [-0.25, -0.2) is 4.39 Å². The normalized spacial score (nSPS) is 12.2. The Morgan fingerprint density at radius 3 is 2.47 bits per heavy atom. The van der Waals surface area contributed by atoms with Gasteiger partial charge in [0.05, 0.1) is 16.4 Å². The van der Waals surface area contributed by atoms with E-state index < -0.39 is 5.82 Å². The predicted molar refractivity (Wildman–Crippen MR) is 79.0 cm³/mol. The van der Waals surface area contributed by atoms with Crippen LogP contribution in [0.15, 0.2) is 36.4 Å². The van der Waals surface area contributed by atoms with Gasteiger partial charge in [-0.2, -0.15) is 0 Å². The van der Waals surface area contributed by atoms with Gasteiger partial charge in [-0.15, -0.1) is 0 Å². The lowest BCUT2D eigenvalue weighted by atomic mass is 10.1. The van der Waals surface area contributed by atoms with Crippen molar-refractivity contribution in [1.82, 2.24) is 0 Å². The van der Waals surface area contributed by atoms with Crippen molar-refractivity contribution in [3.05, 3.63) is 58.4 Å². The number of nitrogen functional groups attached to an aromatic ring is 1. The summed E-state index contributed by atoms with van der Waals surface area (Å²) in [5.41, 5.74) is 9.13. The van der Waals surface area contributed by atoms with Crippen LogP contribution in [-0.4, -0.2) is 0 Å². The summed E-state index contributed by atoms with van der Waals surface area (Å²) in [6.45, 7) is 4.03. The molecule has 0 aliphatic carbocycles. The second-order valence-electron chi connectivity index (χ2n) is 4.63. The molecule has 0 spiro atoms. The molecule has 1 atom stereocenters. The molecule has 3 N–H and O–H groups in total. The van der Waals surface area contributed by atoms with Crippen LogP contribution in [0.5, 0.6) is 0 Å². The van der Waals surface area contributed by atoms with Gasteiger partial charge >= 0.3 is 0 Å². The third kappa shape index (κ3) is 3.18. The molecule has 0 aliphatic rings. The SMILES string of the molecule is Cc1ccc(C(C)Nc2cc(F)c(Cl)cc2N)cc1. The van der Waals surface area contributed by atoms with Crippen LogP contribution < -0.4 is 11.1 Å². The van der Waals surface area contributed by atoms with E-state index in [1.165, 1.54) is 17.7 Å².